The van der Waals surface area contributed by atoms with Crippen molar-refractivity contribution in [3.8, 4) is 0 Å². The number of carbonyl (C=O) groups is 1. The third-order valence-electron chi connectivity index (χ3n) is 3.05. The zero-order valence-electron chi connectivity index (χ0n) is 10.8. The van der Waals surface area contributed by atoms with Gasteiger partial charge in [0.25, 0.3) is 0 Å². The van der Waals surface area contributed by atoms with Crippen LogP contribution in [-0.2, 0) is 11.0 Å². The van der Waals surface area contributed by atoms with Gasteiger partial charge in [0.2, 0.25) is 5.91 Å². The van der Waals surface area contributed by atoms with E-state index in [0.717, 1.165) is 6.07 Å². The molecule has 0 bridgehead atoms. The van der Waals surface area contributed by atoms with Crippen LogP contribution in [0.15, 0.2) is 24.3 Å². The molecule has 0 radical (unpaired) electrons. The van der Waals surface area contributed by atoms with E-state index in [-0.39, 0.29) is 11.6 Å². The average Bonchev–Trinajstić information content (AvgIpc) is 2.36. The van der Waals surface area contributed by atoms with Crippen LogP contribution in [0.5, 0.6) is 0 Å². The first-order chi connectivity index (χ1) is 8.77. The van der Waals surface area contributed by atoms with E-state index >= 15 is 0 Å². The van der Waals surface area contributed by atoms with Crippen molar-refractivity contribution in [1.29, 1.82) is 0 Å². The summed E-state index contributed by atoms with van der Waals surface area (Å²) in [6.07, 6.45) is -3.83. The van der Waals surface area contributed by atoms with E-state index in [9.17, 15) is 18.0 Å². The Hall–Kier alpha value is -1.56. The van der Waals surface area contributed by atoms with Crippen molar-refractivity contribution in [1.82, 2.24) is 0 Å². The molecule has 0 aromatic heterocycles. The van der Waals surface area contributed by atoms with Crippen LogP contribution < -0.4 is 11.1 Å². The highest BCUT2D eigenvalue weighted by molar-refractivity contribution is 5.95. The molecule has 6 heteroatoms. The number of hydrogen-bond acceptors (Lipinski definition) is 2. The molecular formula is C13H17F3N2O. The molecule has 0 spiro atoms. The average molecular weight is 274 g/mol. The minimum atomic E-state index is -4.51. The topological polar surface area (TPSA) is 55.1 Å². The summed E-state index contributed by atoms with van der Waals surface area (Å²) in [6, 6.07) is 4.01. The van der Waals surface area contributed by atoms with Gasteiger partial charge in [-0.05, 0) is 18.1 Å². The summed E-state index contributed by atoms with van der Waals surface area (Å²) >= 11 is 0. The van der Waals surface area contributed by atoms with Crippen molar-refractivity contribution in [3.63, 3.8) is 0 Å². The third-order valence-corrected chi connectivity index (χ3v) is 3.05. The number of nitrogens with two attached hydrogens (primary N) is 1. The molecular weight excluding hydrogens is 257 g/mol. The molecule has 0 saturated heterocycles. The van der Waals surface area contributed by atoms with Gasteiger partial charge in [0.05, 0.1) is 17.3 Å². The Labute approximate surface area is 110 Å². The van der Waals surface area contributed by atoms with Gasteiger partial charge in [0, 0.05) is 0 Å². The molecule has 0 fully saturated rings. The largest absolute Gasteiger partial charge is 0.418 e. The van der Waals surface area contributed by atoms with Crippen LogP contribution in [-0.4, -0.2) is 11.9 Å². The third kappa shape index (κ3) is 3.96. The molecule has 0 aliphatic heterocycles. The summed E-state index contributed by atoms with van der Waals surface area (Å²) in [5, 5.41) is 2.25. The fraction of sp³-hybridized carbons (Fsp3) is 0.462. The maximum absolute atomic E-state index is 12.7. The van der Waals surface area contributed by atoms with E-state index in [1.807, 2.05) is 6.92 Å². The molecule has 3 nitrogen and oxygen atoms in total. The van der Waals surface area contributed by atoms with E-state index in [1.165, 1.54) is 18.2 Å². The van der Waals surface area contributed by atoms with Gasteiger partial charge in [-0.2, -0.15) is 13.2 Å². The van der Waals surface area contributed by atoms with Crippen LogP contribution in [0.1, 0.15) is 25.8 Å². The van der Waals surface area contributed by atoms with E-state index in [1.54, 1.807) is 6.92 Å². The molecule has 106 valence electrons. The van der Waals surface area contributed by atoms with Gasteiger partial charge in [-0.15, -0.1) is 0 Å². The number of anilines is 1. The Kier molecular flexibility index (Phi) is 4.94. The molecule has 1 aromatic rings. The molecule has 19 heavy (non-hydrogen) atoms. The van der Waals surface area contributed by atoms with E-state index in [2.05, 4.69) is 5.32 Å². The molecule has 1 rings (SSSR count). The Morgan fingerprint density at radius 1 is 1.37 bits per heavy atom. The first-order valence-electron chi connectivity index (χ1n) is 6.00. The van der Waals surface area contributed by atoms with Gasteiger partial charge in [-0.3, -0.25) is 4.79 Å². The van der Waals surface area contributed by atoms with E-state index in [4.69, 9.17) is 5.73 Å². The predicted octanol–water partition coefficient (Wildman–Crippen LogP) is 3.02. The van der Waals surface area contributed by atoms with Gasteiger partial charge in [0.15, 0.2) is 0 Å². The van der Waals surface area contributed by atoms with Gasteiger partial charge in [-0.1, -0.05) is 32.4 Å². The molecule has 2 atom stereocenters. The summed E-state index contributed by atoms with van der Waals surface area (Å²) in [4.78, 5) is 11.8. The maximum atomic E-state index is 12.7. The molecule has 3 N–H and O–H groups in total. The van der Waals surface area contributed by atoms with Crippen LogP contribution in [0.25, 0.3) is 0 Å². The Balaban J connectivity index is 2.92. The van der Waals surface area contributed by atoms with Gasteiger partial charge in [0.1, 0.15) is 0 Å². The summed E-state index contributed by atoms with van der Waals surface area (Å²) < 4.78 is 38.2. The van der Waals surface area contributed by atoms with Crippen molar-refractivity contribution in [2.24, 2.45) is 11.7 Å². The first kappa shape index (κ1) is 15.5. The van der Waals surface area contributed by atoms with Crippen LogP contribution in [0.2, 0.25) is 0 Å². The van der Waals surface area contributed by atoms with Crippen molar-refractivity contribution >= 4 is 11.6 Å². The standard InChI is InChI=1S/C13H17F3N2O/c1-3-8(2)11(17)12(19)18-10-7-5-4-6-9(10)13(14,15)16/h4-8,11H,3,17H2,1-2H3,(H,18,19). The van der Waals surface area contributed by atoms with Crippen molar-refractivity contribution in [2.45, 2.75) is 32.5 Å². The fourth-order valence-corrected chi connectivity index (χ4v) is 1.57. The van der Waals surface area contributed by atoms with Crippen LogP contribution in [0.4, 0.5) is 18.9 Å². The fourth-order valence-electron chi connectivity index (χ4n) is 1.57. The zero-order valence-corrected chi connectivity index (χ0v) is 10.8. The predicted molar refractivity (Wildman–Crippen MR) is 67.5 cm³/mol. The molecule has 0 aliphatic rings. The van der Waals surface area contributed by atoms with E-state index < -0.39 is 23.7 Å². The Morgan fingerprint density at radius 3 is 2.47 bits per heavy atom. The van der Waals surface area contributed by atoms with Gasteiger partial charge < -0.3 is 11.1 Å². The number of para-hydroxylation sites is 1. The second-order valence-corrected chi connectivity index (χ2v) is 4.44. The second kappa shape index (κ2) is 6.06. The quantitative estimate of drug-likeness (QED) is 0.886. The smallest absolute Gasteiger partial charge is 0.324 e. The zero-order chi connectivity index (χ0) is 14.6. The lowest BCUT2D eigenvalue weighted by Gasteiger charge is -2.19. The minimum Gasteiger partial charge on any atom is -0.324 e. The number of amides is 1. The number of rotatable bonds is 4. The first-order valence-corrected chi connectivity index (χ1v) is 6.00. The van der Waals surface area contributed by atoms with Crippen LogP contribution in [0.3, 0.4) is 0 Å². The Bertz CT molecular complexity index is 446. The molecule has 2 unspecified atom stereocenters. The summed E-state index contributed by atoms with van der Waals surface area (Å²) in [5.74, 6) is -0.705. The number of carbonyl (C=O) groups excluding carboxylic acids is 1. The molecule has 1 aromatic carbocycles. The number of benzene rings is 1. The highest BCUT2D eigenvalue weighted by Crippen LogP contribution is 2.34. The lowest BCUT2D eigenvalue weighted by molar-refractivity contribution is -0.137. The molecule has 0 aliphatic carbocycles. The minimum absolute atomic E-state index is 0.0990. The van der Waals surface area contributed by atoms with Gasteiger partial charge >= 0.3 is 6.18 Å². The number of hydrogen-bond donors (Lipinski definition) is 2. The van der Waals surface area contributed by atoms with Crippen LogP contribution >= 0.6 is 0 Å². The maximum Gasteiger partial charge on any atom is 0.418 e. The number of nitrogens with one attached hydrogen (secondary N) is 1. The molecule has 0 heterocycles. The molecule has 1 amide bonds. The monoisotopic (exact) mass is 274 g/mol. The van der Waals surface area contributed by atoms with Gasteiger partial charge in [-0.25, -0.2) is 0 Å². The summed E-state index contributed by atoms with van der Waals surface area (Å²) in [6.45, 7) is 3.64. The Morgan fingerprint density at radius 2 is 1.95 bits per heavy atom. The van der Waals surface area contributed by atoms with Crippen LogP contribution in [0, 0.1) is 5.92 Å². The SMILES string of the molecule is CCC(C)C(N)C(=O)Nc1ccccc1C(F)(F)F. The normalized spacial score (nSPS) is 14.8. The number of halogens is 3. The lowest BCUT2D eigenvalue weighted by Crippen LogP contribution is -2.40. The van der Waals surface area contributed by atoms with E-state index in [0.29, 0.717) is 6.42 Å². The summed E-state index contributed by atoms with van der Waals surface area (Å²) in [7, 11) is 0. The molecule has 0 saturated carbocycles. The lowest BCUT2D eigenvalue weighted by atomic mass is 9.99. The summed E-state index contributed by atoms with van der Waals surface area (Å²) in [5.41, 5.74) is 4.54. The highest BCUT2D eigenvalue weighted by atomic mass is 19.4. The highest BCUT2D eigenvalue weighted by Gasteiger charge is 2.34. The van der Waals surface area contributed by atoms with Crippen molar-refractivity contribution in [2.75, 3.05) is 5.32 Å². The number of alkyl halides is 3. The van der Waals surface area contributed by atoms with Crippen molar-refractivity contribution < 1.29 is 18.0 Å². The second-order valence-electron chi connectivity index (χ2n) is 4.44. The van der Waals surface area contributed by atoms with Crippen molar-refractivity contribution in [3.05, 3.63) is 29.8 Å².